The summed E-state index contributed by atoms with van der Waals surface area (Å²) in [6.07, 6.45) is 2.63. The molecule has 1 heterocycles. The Labute approximate surface area is 172 Å². The lowest BCUT2D eigenvalue weighted by Crippen LogP contribution is -2.27. The molecule has 0 fully saturated rings. The van der Waals surface area contributed by atoms with Gasteiger partial charge in [-0.1, -0.05) is 18.2 Å². The number of fused-ring (bicyclic) bond motifs is 1. The maximum Gasteiger partial charge on any atom is 0.252 e. The summed E-state index contributed by atoms with van der Waals surface area (Å²) in [4.78, 5) is 15.9. The van der Waals surface area contributed by atoms with Crippen molar-refractivity contribution in [3.05, 3.63) is 63.4 Å². The van der Waals surface area contributed by atoms with Gasteiger partial charge in [0.1, 0.15) is 0 Å². The Bertz CT molecular complexity index is 1090. The summed E-state index contributed by atoms with van der Waals surface area (Å²) in [7, 11) is -0.651. The molecule has 0 saturated carbocycles. The molecule has 142 valence electrons. The molecule has 1 aromatic heterocycles. The third-order valence-electron chi connectivity index (χ3n) is 4.32. The number of sulfonamides is 1. The molecule has 1 amide bonds. The monoisotopic (exact) mass is 497 g/mol. The Morgan fingerprint density at radius 3 is 2.67 bits per heavy atom. The molecule has 0 aliphatic carbocycles. The van der Waals surface area contributed by atoms with Crippen molar-refractivity contribution in [3.8, 4) is 0 Å². The van der Waals surface area contributed by atoms with E-state index in [0.29, 0.717) is 22.1 Å². The van der Waals surface area contributed by atoms with E-state index in [4.69, 9.17) is 0 Å². The van der Waals surface area contributed by atoms with Crippen molar-refractivity contribution in [1.82, 2.24) is 14.6 Å². The first-order chi connectivity index (χ1) is 12.8. The number of carbonyl (C=O) groups is 1. The Hall–Kier alpha value is -1.91. The van der Waals surface area contributed by atoms with E-state index in [1.165, 1.54) is 26.2 Å². The van der Waals surface area contributed by atoms with Crippen LogP contribution in [0, 0.1) is 3.57 Å². The summed E-state index contributed by atoms with van der Waals surface area (Å²) < 4.78 is 26.4. The van der Waals surface area contributed by atoms with Crippen LogP contribution in [0.1, 0.15) is 15.9 Å². The number of aromatic nitrogens is 1. The zero-order chi connectivity index (χ0) is 19.6. The van der Waals surface area contributed by atoms with E-state index in [9.17, 15) is 13.2 Å². The van der Waals surface area contributed by atoms with Crippen molar-refractivity contribution in [3.63, 3.8) is 0 Å². The molecule has 6 nitrogen and oxygen atoms in total. The third kappa shape index (κ3) is 4.17. The SMILES string of the molecule is CN(C)S(=O)(=O)c1ccc(I)c(C(=O)NCCc2c[nH]c3ccccc23)c1. The highest BCUT2D eigenvalue weighted by molar-refractivity contribution is 14.1. The number of carbonyl (C=O) groups excluding carboxylic acids is 1. The number of hydrogen-bond acceptors (Lipinski definition) is 3. The van der Waals surface area contributed by atoms with Gasteiger partial charge in [0.15, 0.2) is 0 Å². The highest BCUT2D eigenvalue weighted by Crippen LogP contribution is 2.20. The predicted molar refractivity (Wildman–Crippen MR) is 114 cm³/mol. The Morgan fingerprint density at radius 2 is 1.93 bits per heavy atom. The molecule has 8 heteroatoms. The van der Waals surface area contributed by atoms with Crippen molar-refractivity contribution >= 4 is 49.4 Å². The number of benzene rings is 2. The molecule has 0 aliphatic heterocycles. The second-order valence-corrected chi connectivity index (χ2v) is 9.61. The number of nitrogens with one attached hydrogen (secondary N) is 2. The second-order valence-electron chi connectivity index (χ2n) is 6.29. The minimum atomic E-state index is -3.58. The van der Waals surface area contributed by atoms with Crippen LogP contribution in [0.2, 0.25) is 0 Å². The molecule has 0 saturated heterocycles. The molecular formula is C19H20IN3O3S. The van der Waals surface area contributed by atoms with Crippen LogP contribution in [0.3, 0.4) is 0 Å². The molecule has 3 rings (SSSR count). The number of para-hydroxylation sites is 1. The second kappa shape index (κ2) is 7.99. The van der Waals surface area contributed by atoms with E-state index < -0.39 is 10.0 Å². The quantitative estimate of drug-likeness (QED) is 0.514. The minimum absolute atomic E-state index is 0.106. The van der Waals surface area contributed by atoms with E-state index >= 15 is 0 Å². The smallest absolute Gasteiger partial charge is 0.252 e. The van der Waals surface area contributed by atoms with Gasteiger partial charge >= 0.3 is 0 Å². The maximum absolute atomic E-state index is 12.6. The molecule has 0 unspecified atom stereocenters. The molecule has 0 aliphatic rings. The Morgan fingerprint density at radius 1 is 1.19 bits per heavy atom. The summed E-state index contributed by atoms with van der Waals surface area (Å²) in [5.41, 5.74) is 2.55. The first-order valence-electron chi connectivity index (χ1n) is 8.36. The van der Waals surface area contributed by atoms with Crippen molar-refractivity contribution in [2.45, 2.75) is 11.3 Å². The number of hydrogen-bond donors (Lipinski definition) is 2. The fourth-order valence-corrected chi connectivity index (χ4v) is 4.30. The van der Waals surface area contributed by atoms with Crippen LogP contribution in [0.25, 0.3) is 10.9 Å². The van der Waals surface area contributed by atoms with Crippen LogP contribution in [0.15, 0.2) is 53.6 Å². The molecule has 27 heavy (non-hydrogen) atoms. The molecule has 0 atom stereocenters. The summed E-state index contributed by atoms with van der Waals surface area (Å²) in [6, 6.07) is 12.6. The number of aromatic amines is 1. The van der Waals surface area contributed by atoms with Crippen molar-refractivity contribution in [2.75, 3.05) is 20.6 Å². The lowest BCUT2D eigenvalue weighted by molar-refractivity contribution is 0.0953. The molecule has 3 aromatic rings. The van der Waals surface area contributed by atoms with Gasteiger partial charge in [0, 0.05) is 41.3 Å². The summed E-state index contributed by atoms with van der Waals surface area (Å²) in [5, 5.41) is 4.02. The Balaban J connectivity index is 1.73. The first-order valence-corrected chi connectivity index (χ1v) is 10.9. The van der Waals surface area contributed by atoms with Crippen molar-refractivity contribution < 1.29 is 13.2 Å². The van der Waals surface area contributed by atoms with Gasteiger partial charge in [-0.3, -0.25) is 4.79 Å². The first kappa shape index (κ1) is 19.8. The predicted octanol–water partition coefficient (Wildman–Crippen LogP) is 3.00. The Kier molecular flexibility index (Phi) is 5.87. The van der Waals surface area contributed by atoms with Crippen LogP contribution in [-0.4, -0.2) is 44.3 Å². The lowest BCUT2D eigenvalue weighted by Gasteiger charge is -2.13. The molecule has 0 bridgehead atoms. The average Bonchev–Trinajstić information content (AvgIpc) is 3.05. The topological polar surface area (TPSA) is 82.3 Å². The number of H-pyrrole nitrogens is 1. The minimum Gasteiger partial charge on any atom is -0.361 e. The van der Waals surface area contributed by atoms with Gasteiger partial charge in [0.25, 0.3) is 5.91 Å². The molecule has 0 spiro atoms. The van der Waals surface area contributed by atoms with Crippen molar-refractivity contribution in [2.24, 2.45) is 0 Å². The standard InChI is InChI=1S/C19H20IN3O3S/c1-23(2)27(25,26)14-7-8-17(20)16(11-14)19(24)21-10-9-13-12-22-18-6-4-3-5-15(13)18/h3-8,11-12,22H,9-10H2,1-2H3,(H,21,24). The zero-order valence-corrected chi connectivity index (χ0v) is 18.0. The van der Waals surface area contributed by atoms with Crippen LogP contribution in [0.5, 0.6) is 0 Å². The number of rotatable bonds is 6. The van der Waals surface area contributed by atoms with Gasteiger partial charge in [0.05, 0.1) is 10.5 Å². The van der Waals surface area contributed by atoms with Crippen LogP contribution in [-0.2, 0) is 16.4 Å². The van der Waals surface area contributed by atoms with E-state index in [0.717, 1.165) is 20.8 Å². The normalized spacial score (nSPS) is 11.9. The number of halogens is 1. The maximum atomic E-state index is 12.6. The van der Waals surface area contributed by atoms with Gasteiger partial charge in [0.2, 0.25) is 10.0 Å². The summed E-state index contributed by atoms with van der Waals surface area (Å²) in [6.45, 7) is 0.460. The van der Waals surface area contributed by atoms with E-state index in [2.05, 4.69) is 10.3 Å². The highest BCUT2D eigenvalue weighted by atomic mass is 127. The lowest BCUT2D eigenvalue weighted by atomic mass is 10.1. The third-order valence-corrected chi connectivity index (χ3v) is 7.07. The van der Waals surface area contributed by atoms with Gasteiger partial charge in [-0.25, -0.2) is 12.7 Å². The van der Waals surface area contributed by atoms with Crippen molar-refractivity contribution in [1.29, 1.82) is 0 Å². The average molecular weight is 497 g/mol. The van der Waals surface area contributed by atoms with Gasteiger partial charge in [-0.15, -0.1) is 0 Å². The van der Waals surface area contributed by atoms with Gasteiger partial charge in [-0.05, 0) is 58.8 Å². The fraction of sp³-hybridized carbons (Fsp3) is 0.211. The highest BCUT2D eigenvalue weighted by Gasteiger charge is 2.20. The molecule has 0 radical (unpaired) electrons. The van der Waals surface area contributed by atoms with E-state index in [-0.39, 0.29) is 10.8 Å². The zero-order valence-electron chi connectivity index (χ0n) is 15.0. The largest absolute Gasteiger partial charge is 0.361 e. The van der Waals surface area contributed by atoms with Gasteiger partial charge < -0.3 is 10.3 Å². The summed E-state index contributed by atoms with van der Waals surface area (Å²) >= 11 is 2.04. The number of amides is 1. The fourth-order valence-electron chi connectivity index (χ4n) is 2.79. The number of nitrogens with zero attached hydrogens (tertiary/aromatic N) is 1. The molecule has 2 N–H and O–H groups in total. The summed E-state index contributed by atoms with van der Waals surface area (Å²) in [5.74, 6) is -0.282. The van der Waals surface area contributed by atoms with E-state index in [1.54, 1.807) is 6.07 Å². The van der Waals surface area contributed by atoms with Crippen LogP contribution < -0.4 is 5.32 Å². The molecular weight excluding hydrogens is 477 g/mol. The van der Waals surface area contributed by atoms with E-state index in [1.807, 2.05) is 53.1 Å². The van der Waals surface area contributed by atoms with Crippen LogP contribution in [0.4, 0.5) is 0 Å². The van der Waals surface area contributed by atoms with Gasteiger partial charge in [-0.2, -0.15) is 0 Å². The van der Waals surface area contributed by atoms with Crippen LogP contribution >= 0.6 is 22.6 Å². The molecule has 2 aromatic carbocycles.